The van der Waals surface area contributed by atoms with E-state index in [1.54, 1.807) is 0 Å². The summed E-state index contributed by atoms with van der Waals surface area (Å²) in [6, 6.07) is 0. The first-order valence-electron chi connectivity index (χ1n) is 8.38. The molecule has 2 aliphatic carbocycles. The molecule has 0 bridgehead atoms. The van der Waals surface area contributed by atoms with Crippen LogP contribution in [0.3, 0.4) is 0 Å². The highest BCUT2D eigenvalue weighted by Gasteiger charge is 2.58. The first kappa shape index (κ1) is 16.5. The van der Waals surface area contributed by atoms with Crippen molar-refractivity contribution in [2.75, 3.05) is 14.2 Å². The highest BCUT2D eigenvalue weighted by Crippen LogP contribution is 2.59. The topological polar surface area (TPSA) is 18.5 Å². The molecule has 0 aromatic rings. The minimum atomic E-state index is -2.13. The summed E-state index contributed by atoms with van der Waals surface area (Å²) < 4.78 is 12.5. The van der Waals surface area contributed by atoms with Crippen molar-refractivity contribution in [3.8, 4) is 0 Å². The van der Waals surface area contributed by atoms with E-state index in [-0.39, 0.29) is 0 Å². The maximum absolute atomic E-state index is 6.26. The number of hydrogen-bond acceptors (Lipinski definition) is 2. The van der Waals surface area contributed by atoms with Crippen LogP contribution in [0.25, 0.3) is 0 Å². The van der Waals surface area contributed by atoms with E-state index < -0.39 is 8.56 Å². The molecule has 0 spiro atoms. The van der Waals surface area contributed by atoms with E-state index >= 15 is 0 Å². The third-order valence-electron chi connectivity index (χ3n) is 6.16. The SMILES string of the molecule is CO[Si](OC)(C1CCCC(C)(C)C1)C1CCCC1(C)C. The Morgan fingerprint density at radius 1 is 0.900 bits per heavy atom. The molecule has 2 rings (SSSR count). The monoisotopic (exact) mass is 298 g/mol. The van der Waals surface area contributed by atoms with Gasteiger partial charge >= 0.3 is 8.56 Å². The molecule has 0 saturated heterocycles. The number of hydrogen-bond donors (Lipinski definition) is 0. The zero-order chi connectivity index (χ0) is 15.0. The van der Waals surface area contributed by atoms with Crippen molar-refractivity contribution < 1.29 is 8.85 Å². The molecule has 0 aromatic heterocycles. The first-order valence-corrected chi connectivity index (χ1v) is 10.3. The fourth-order valence-electron chi connectivity index (χ4n) is 5.10. The van der Waals surface area contributed by atoms with Crippen molar-refractivity contribution in [2.24, 2.45) is 10.8 Å². The van der Waals surface area contributed by atoms with Gasteiger partial charge in [0, 0.05) is 25.3 Å². The summed E-state index contributed by atoms with van der Waals surface area (Å²) in [6.45, 7) is 9.70. The van der Waals surface area contributed by atoms with Crippen molar-refractivity contribution >= 4 is 8.56 Å². The molecule has 0 heterocycles. The van der Waals surface area contributed by atoms with Gasteiger partial charge < -0.3 is 8.85 Å². The van der Waals surface area contributed by atoms with Gasteiger partial charge in [-0.1, -0.05) is 40.5 Å². The third-order valence-corrected chi connectivity index (χ3v) is 11.1. The second kappa shape index (κ2) is 5.73. The Bertz CT molecular complexity index is 334. The standard InChI is InChI=1S/C17H34O2Si/c1-16(2)11-7-9-14(13-16)20(18-5,19-6)15-10-8-12-17(15,3)4/h14-15H,7-13H2,1-6H3. The molecular weight excluding hydrogens is 264 g/mol. The molecule has 20 heavy (non-hydrogen) atoms. The fraction of sp³-hybridized carbons (Fsp3) is 1.00. The van der Waals surface area contributed by atoms with Gasteiger partial charge in [0.15, 0.2) is 0 Å². The van der Waals surface area contributed by atoms with E-state index in [9.17, 15) is 0 Å². The lowest BCUT2D eigenvalue weighted by Crippen LogP contribution is -2.54. The zero-order valence-electron chi connectivity index (χ0n) is 14.4. The molecule has 0 N–H and O–H groups in total. The summed E-state index contributed by atoms with van der Waals surface area (Å²) >= 11 is 0. The molecule has 0 amide bonds. The van der Waals surface area contributed by atoms with Crippen LogP contribution in [0.1, 0.15) is 72.6 Å². The molecule has 118 valence electrons. The van der Waals surface area contributed by atoms with Crippen LogP contribution in [-0.2, 0) is 8.85 Å². The quantitative estimate of drug-likeness (QED) is 0.658. The van der Waals surface area contributed by atoms with Crippen molar-refractivity contribution in [3.05, 3.63) is 0 Å². The Hall–Kier alpha value is 0.137. The van der Waals surface area contributed by atoms with Gasteiger partial charge in [-0.2, -0.15) is 0 Å². The molecule has 2 atom stereocenters. The lowest BCUT2D eigenvalue weighted by atomic mass is 9.77. The van der Waals surface area contributed by atoms with Crippen molar-refractivity contribution in [1.29, 1.82) is 0 Å². The maximum Gasteiger partial charge on any atom is 0.344 e. The summed E-state index contributed by atoms with van der Waals surface area (Å²) in [5.41, 5.74) is 2.17. The van der Waals surface area contributed by atoms with Gasteiger partial charge in [0.05, 0.1) is 0 Å². The second-order valence-electron chi connectivity index (χ2n) is 8.52. The van der Waals surface area contributed by atoms with Gasteiger partial charge in [0.2, 0.25) is 0 Å². The van der Waals surface area contributed by atoms with Gasteiger partial charge in [-0.15, -0.1) is 0 Å². The van der Waals surface area contributed by atoms with E-state index in [4.69, 9.17) is 8.85 Å². The Morgan fingerprint density at radius 2 is 1.50 bits per heavy atom. The molecule has 0 aromatic carbocycles. The minimum absolute atomic E-state index is 0.389. The van der Waals surface area contributed by atoms with Gasteiger partial charge in [-0.3, -0.25) is 0 Å². The van der Waals surface area contributed by atoms with Crippen LogP contribution in [-0.4, -0.2) is 22.8 Å². The van der Waals surface area contributed by atoms with Crippen LogP contribution in [0.2, 0.25) is 11.1 Å². The average Bonchev–Trinajstić information content (AvgIpc) is 2.71. The Morgan fingerprint density at radius 3 is 1.95 bits per heavy atom. The van der Waals surface area contributed by atoms with Crippen LogP contribution in [0, 0.1) is 10.8 Å². The highest BCUT2D eigenvalue weighted by atomic mass is 28.4. The van der Waals surface area contributed by atoms with Gasteiger partial charge in [0.25, 0.3) is 0 Å². The van der Waals surface area contributed by atoms with Crippen LogP contribution < -0.4 is 0 Å². The summed E-state index contributed by atoms with van der Waals surface area (Å²) in [5.74, 6) is 0. The summed E-state index contributed by atoms with van der Waals surface area (Å²) in [5, 5.41) is 0. The molecule has 2 aliphatic rings. The molecule has 0 radical (unpaired) electrons. The zero-order valence-corrected chi connectivity index (χ0v) is 15.4. The van der Waals surface area contributed by atoms with Gasteiger partial charge in [-0.25, -0.2) is 0 Å². The van der Waals surface area contributed by atoms with E-state index in [1.165, 1.54) is 44.9 Å². The molecule has 2 unspecified atom stereocenters. The smallest absolute Gasteiger partial charge is 0.344 e. The average molecular weight is 299 g/mol. The van der Waals surface area contributed by atoms with Crippen molar-refractivity contribution in [1.82, 2.24) is 0 Å². The van der Waals surface area contributed by atoms with E-state index in [2.05, 4.69) is 27.7 Å². The Kier molecular flexibility index (Phi) is 4.73. The predicted molar refractivity (Wildman–Crippen MR) is 87.2 cm³/mol. The predicted octanol–water partition coefficient (Wildman–Crippen LogP) is 5.27. The lowest BCUT2D eigenvalue weighted by molar-refractivity contribution is 0.152. The second-order valence-corrected chi connectivity index (χ2v) is 12.3. The van der Waals surface area contributed by atoms with Crippen LogP contribution in [0.5, 0.6) is 0 Å². The van der Waals surface area contributed by atoms with E-state index in [0.29, 0.717) is 21.9 Å². The van der Waals surface area contributed by atoms with Crippen molar-refractivity contribution in [3.63, 3.8) is 0 Å². The molecule has 2 fully saturated rings. The van der Waals surface area contributed by atoms with Gasteiger partial charge in [-0.05, 0) is 42.9 Å². The molecule has 2 nitrogen and oxygen atoms in total. The Balaban J connectivity index is 2.29. The minimum Gasteiger partial charge on any atom is -0.397 e. The van der Waals surface area contributed by atoms with E-state index in [0.717, 1.165) is 0 Å². The largest absolute Gasteiger partial charge is 0.397 e. The molecule has 0 aliphatic heterocycles. The lowest BCUT2D eigenvalue weighted by Gasteiger charge is -2.48. The fourth-order valence-corrected chi connectivity index (χ4v) is 10.4. The Labute approximate surface area is 126 Å². The number of rotatable bonds is 4. The van der Waals surface area contributed by atoms with E-state index in [1.807, 2.05) is 14.2 Å². The van der Waals surface area contributed by atoms with Gasteiger partial charge in [0.1, 0.15) is 0 Å². The summed E-state index contributed by atoms with van der Waals surface area (Å²) in [4.78, 5) is 0. The summed E-state index contributed by atoms with van der Waals surface area (Å²) in [7, 11) is 1.71. The van der Waals surface area contributed by atoms with Crippen LogP contribution in [0.4, 0.5) is 0 Å². The molecular formula is C17H34O2Si. The first-order chi connectivity index (χ1) is 9.27. The van der Waals surface area contributed by atoms with Crippen molar-refractivity contribution in [2.45, 2.75) is 83.7 Å². The third kappa shape index (κ3) is 2.86. The van der Waals surface area contributed by atoms with Crippen LogP contribution in [0.15, 0.2) is 0 Å². The van der Waals surface area contributed by atoms with Crippen LogP contribution >= 0.6 is 0 Å². The summed E-state index contributed by atoms with van der Waals surface area (Å²) in [6.07, 6.45) is 9.27. The highest BCUT2D eigenvalue weighted by molar-refractivity contribution is 6.70. The maximum atomic E-state index is 6.26. The normalized spacial score (nSPS) is 33.3. The molecule has 3 heteroatoms. The molecule has 2 saturated carbocycles.